The second-order valence-electron chi connectivity index (χ2n) is 3.26. The molecule has 0 saturated carbocycles. The van der Waals surface area contributed by atoms with E-state index in [0.717, 1.165) is 22.4 Å². The van der Waals surface area contributed by atoms with Crippen LogP contribution >= 0.6 is 0 Å². The first kappa shape index (κ1) is 10.8. The van der Waals surface area contributed by atoms with Crippen molar-refractivity contribution in [3.05, 3.63) is 34.9 Å². The standard InChI is InChI=1S/C12H16O2/c1-9-8-12(14-3)10(2)7-11(9)5-4-6-13/h4-5,7-8,13H,6H2,1-3H3. The van der Waals surface area contributed by atoms with Gasteiger partial charge in [-0.25, -0.2) is 0 Å². The molecule has 0 aromatic heterocycles. The van der Waals surface area contributed by atoms with Gasteiger partial charge in [0.25, 0.3) is 0 Å². The first-order valence-electron chi connectivity index (χ1n) is 4.61. The molecule has 0 aliphatic heterocycles. The van der Waals surface area contributed by atoms with Crippen LogP contribution in [0.4, 0.5) is 0 Å². The van der Waals surface area contributed by atoms with Gasteiger partial charge in [-0.3, -0.25) is 0 Å². The summed E-state index contributed by atoms with van der Waals surface area (Å²) in [6, 6.07) is 4.06. The quantitative estimate of drug-likeness (QED) is 0.796. The molecule has 1 aromatic rings. The fourth-order valence-corrected chi connectivity index (χ4v) is 1.39. The second kappa shape index (κ2) is 4.82. The molecular formula is C12H16O2. The van der Waals surface area contributed by atoms with Gasteiger partial charge >= 0.3 is 0 Å². The Morgan fingerprint density at radius 2 is 2.00 bits per heavy atom. The average molecular weight is 192 g/mol. The summed E-state index contributed by atoms with van der Waals surface area (Å²) < 4.78 is 5.21. The zero-order valence-electron chi connectivity index (χ0n) is 8.87. The summed E-state index contributed by atoms with van der Waals surface area (Å²) in [6.07, 6.45) is 3.65. The number of rotatable bonds is 3. The van der Waals surface area contributed by atoms with Gasteiger partial charge in [-0.05, 0) is 42.7 Å². The van der Waals surface area contributed by atoms with Crippen LogP contribution in [0.3, 0.4) is 0 Å². The van der Waals surface area contributed by atoms with Crippen molar-refractivity contribution in [2.75, 3.05) is 13.7 Å². The predicted molar refractivity (Wildman–Crippen MR) is 58.6 cm³/mol. The maximum Gasteiger partial charge on any atom is 0.122 e. The molecule has 0 unspecified atom stereocenters. The van der Waals surface area contributed by atoms with Crippen molar-refractivity contribution < 1.29 is 9.84 Å². The number of aliphatic hydroxyl groups is 1. The van der Waals surface area contributed by atoms with Gasteiger partial charge in [0, 0.05) is 0 Å². The molecule has 1 N–H and O–H groups in total. The van der Waals surface area contributed by atoms with Crippen molar-refractivity contribution in [1.82, 2.24) is 0 Å². The lowest BCUT2D eigenvalue weighted by molar-refractivity contribution is 0.343. The Hall–Kier alpha value is -1.28. The van der Waals surface area contributed by atoms with E-state index in [-0.39, 0.29) is 6.61 Å². The van der Waals surface area contributed by atoms with Gasteiger partial charge in [-0.1, -0.05) is 12.2 Å². The molecule has 1 aromatic carbocycles. The Kier molecular flexibility index (Phi) is 3.72. The van der Waals surface area contributed by atoms with Gasteiger partial charge in [-0.15, -0.1) is 0 Å². The maximum absolute atomic E-state index is 8.68. The number of methoxy groups -OCH3 is 1. The van der Waals surface area contributed by atoms with E-state index in [2.05, 4.69) is 6.07 Å². The summed E-state index contributed by atoms with van der Waals surface area (Å²) in [5.74, 6) is 0.906. The molecule has 0 radical (unpaired) electrons. The smallest absolute Gasteiger partial charge is 0.122 e. The number of hydrogen-bond acceptors (Lipinski definition) is 2. The highest BCUT2D eigenvalue weighted by molar-refractivity contribution is 5.57. The SMILES string of the molecule is COc1cc(C)c(C=CCO)cc1C. The van der Waals surface area contributed by atoms with Gasteiger partial charge in [-0.2, -0.15) is 0 Å². The Morgan fingerprint density at radius 1 is 1.29 bits per heavy atom. The van der Waals surface area contributed by atoms with Gasteiger partial charge in [0.2, 0.25) is 0 Å². The fraction of sp³-hybridized carbons (Fsp3) is 0.333. The minimum absolute atomic E-state index is 0.0739. The van der Waals surface area contributed by atoms with E-state index >= 15 is 0 Å². The van der Waals surface area contributed by atoms with Crippen LogP contribution in [0.15, 0.2) is 18.2 Å². The van der Waals surface area contributed by atoms with Gasteiger partial charge in [0.05, 0.1) is 13.7 Å². The molecule has 0 heterocycles. The normalized spacial score (nSPS) is 10.9. The van der Waals surface area contributed by atoms with E-state index in [9.17, 15) is 0 Å². The van der Waals surface area contributed by atoms with Crippen molar-refractivity contribution in [3.8, 4) is 5.75 Å². The first-order chi connectivity index (χ1) is 6.69. The summed E-state index contributed by atoms with van der Waals surface area (Å²) >= 11 is 0. The average Bonchev–Trinajstić information content (AvgIpc) is 2.18. The molecular weight excluding hydrogens is 176 g/mol. The predicted octanol–water partition coefficient (Wildman–Crippen LogP) is 2.32. The number of benzene rings is 1. The molecule has 0 aliphatic carbocycles. The van der Waals surface area contributed by atoms with Crippen molar-refractivity contribution >= 4 is 6.08 Å². The summed E-state index contributed by atoms with van der Waals surface area (Å²) in [5, 5.41) is 8.68. The van der Waals surface area contributed by atoms with Crippen LogP contribution in [0.5, 0.6) is 5.75 Å². The van der Waals surface area contributed by atoms with Crippen LogP contribution in [0.25, 0.3) is 6.08 Å². The van der Waals surface area contributed by atoms with Gasteiger partial charge in [0.15, 0.2) is 0 Å². The lowest BCUT2D eigenvalue weighted by Gasteiger charge is -2.08. The molecule has 1 rings (SSSR count). The fourth-order valence-electron chi connectivity index (χ4n) is 1.39. The van der Waals surface area contributed by atoms with Crippen molar-refractivity contribution in [1.29, 1.82) is 0 Å². The van der Waals surface area contributed by atoms with Gasteiger partial charge < -0.3 is 9.84 Å². The third-order valence-corrected chi connectivity index (χ3v) is 2.19. The van der Waals surface area contributed by atoms with Crippen molar-refractivity contribution in [2.45, 2.75) is 13.8 Å². The first-order valence-corrected chi connectivity index (χ1v) is 4.61. The third kappa shape index (κ3) is 2.36. The third-order valence-electron chi connectivity index (χ3n) is 2.19. The minimum Gasteiger partial charge on any atom is -0.496 e. The molecule has 14 heavy (non-hydrogen) atoms. The number of aryl methyl sites for hydroxylation is 2. The number of hydrogen-bond donors (Lipinski definition) is 1. The second-order valence-corrected chi connectivity index (χ2v) is 3.26. The molecule has 0 aliphatic rings. The highest BCUT2D eigenvalue weighted by Crippen LogP contribution is 2.23. The van der Waals surface area contributed by atoms with Gasteiger partial charge in [0.1, 0.15) is 5.75 Å². The van der Waals surface area contributed by atoms with Crippen LogP contribution in [-0.2, 0) is 0 Å². The molecule has 76 valence electrons. The maximum atomic E-state index is 8.68. The van der Waals surface area contributed by atoms with Crippen molar-refractivity contribution in [3.63, 3.8) is 0 Å². The lowest BCUT2D eigenvalue weighted by atomic mass is 10.0. The molecule has 2 heteroatoms. The Bertz CT molecular complexity index is 340. The largest absolute Gasteiger partial charge is 0.496 e. The Morgan fingerprint density at radius 3 is 2.57 bits per heavy atom. The van der Waals surface area contributed by atoms with Crippen molar-refractivity contribution in [2.24, 2.45) is 0 Å². The molecule has 0 bridgehead atoms. The monoisotopic (exact) mass is 192 g/mol. The van der Waals surface area contributed by atoms with Crippen LogP contribution in [-0.4, -0.2) is 18.8 Å². The highest BCUT2D eigenvalue weighted by Gasteiger charge is 2.01. The summed E-state index contributed by atoms with van der Waals surface area (Å²) in [4.78, 5) is 0. The molecule has 0 saturated heterocycles. The zero-order valence-corrected chi connectivity index (χ0v) is 8.87. The van der Waals surface area contributed by atoms with E-state index in [4.69, 9.17) is 9.84 Å². The van der Waals surface area contributed by atoms with E-state index in [1.165, 1.54) is 0 Å². The molecule has 0 fully saturated rings. The summed E-state index contributed by atoms with van der Waals surface area (Å²) in [6.45, 7) is 4.11. The summed E-state index contributed by atoms with van der Waals surface area (Å²) in [5.41, 5.74) is 3.38. The van der Waals surface area contributed by atoms with Crippen LogP contribution in [0.1, 0.15) is 16.7 Å². The Balaban J connectivity index is 3.08. The van der Waals surface area contributed by atoms with E-state index < -0.39 is 0 Å². The number of aliphatic hydroxyl groups excluding tert-OH is 1. The van der Waals surface area contributed by atoms with Crippen LogP contribution in [0, 0.1) is 13.8 Å². The van der Waals surface area contributed by atoms with E-state index in [1.807, 2.05) is 26.0 Å². The zero-order chi connectivity index (χ0) is 10.6. The van der Waals surface area contributed by atoms with Crippen LogP contribution in [0.2, 0.25) is 0 Å². The topological polar surface area (TPSA) is 29.5 Å². The number of ether oxygens (including phenoxy) is 1. The van der Waals surface area contributed by atoms with Crippen LogP contribution < -0.4 is 4.74 Å². The molecule has 0 amide bonds. The van der Waals surface area contributed by atoms with E-state index in [0.29, 0.717) is 0 Å². The highest BCUT2D eigenvalue weighted by atomic mass is 16.5. The Labute approximate surface area is 84.8 Å². The minimum atomic E-state index is 0.0739. The lowest BCUT2D eigenvalue weighted by Crippen LogP contribution is -1.90. The molecule has 2 nitrogen and oxygen atoms in total. The summed E-state index contributed by atoms with van der Waals surface area (Å²) in [7, 11) is 1.67. The van der Waals surface area contributed by atoms with E-state index in [1.54, 1.807) is 13.2 Å². The molecule has 0 atom stereocenters. The molecule has 0 spiro atoms.